The van der Waals surface area contributed by atoms with Gasteiger partial charge < -0.3 is 0 Å². The SMILES string of the molecule is O=C1CCCC2=C1C(c1ccc(Cl)cc1)CC(=O)N2c1ccccc1Cl. The predicted molar refractivity (Wildman–Crippen MR) is 104 cm³/mol. The third kappa shape index (κ3) is 2.95. The van der Waals surface area contributed by atoms with Crippen molar-refractivity contribution in [3.8, 4) is 0 Å². The first kappa shape index (κ1) is 17.3. The van der Waals surface area contributed by atoms with Crippen LogP contribution in [0.25, 0.3) is 0 Å². The van der Waals surface area contributed by atoms with Gasteiger partial charge in [-0.15, -0.1) is 0 Å². The summed E-state index contributed by atoms with van der Waals surface area (Å²) in [6, 6.07) is 14.7. The third-order valence-electron chi connectivity index (χ3n) is 5.04. The summed E-state index contributed by atoms with van der Waals surface area (Å²) in [6.07, 6.45) is 2.21. The van der Waals surface area contributed by atoms with Crippen LogP contribution >= 0.6 is 23.2 Å². The number of ketones is 1. The van der Waals surface area contributed by atoms with Crippen molar-refractivity contribution < 1.29 is 9.59 Å². The molecule has 1 unspecified atom stereocenters. The number of nitrogens with zero attached hydrogens (tertiary/aromatic N) is 1. The highest BCUT2D eigenvalue weighted by Gasteiger charge is 2.40. The predicted octanol–water partition coefficient (Wildman–Crippen LogP) is 5.52. The van der Waals surface area contributed by atoms with E-state index in [0.717, 1.165) is 23.3 Å². The molecule has 2 aromatic rings. The highest BCUT2D eigenvalue weighted by atomic mass is 35.5. The van der Waals surface area contributed by atoms with Gasteiger partial charge >= 0.3 is 0 Å². The van der Waals surface area contributed by atoms with Crippen LogP contribution in [0.15, 0.2) is 59.8 Å². The number of hydrogen-bond donors (Lipinski definition) is 0. The number of halogens is 2. The number of carbonyl (C=O) groups excluding carboxylic acids is 2. The van der Waals surface area contributed by atoms with Crippen molar-refractivity contribution in [2.24, 2.45) is 0 Å². The molecule has 0 aromatic heterocycles. The number of rotatable bonds is 2. The van der Waals surface area contributed by atoms with E-state index in [0.29, 0.717) is 28.6 Å². The summed E-state index contributed by atoms with van der Waals surface area (Å²) in [7, 11) is 0. The maximum atomic E-state index is 13.1. The molecule has 0 bridgehead atoms. The second-order valence-corrected chi connectivity index (χ2v) is 7.47. The molecule has 5 heteroatoms. The van der Waals surface area contributed by atoms with Gasteiger partial charge in [0.25, 0.3) is 0 Å². The lowest BCUT2D eigenvalue weighted by atomic mass is 9.77. The van der Waals surface area contributed by atoms with Gasteiger partial charge in [-0.25, -0.2) is 0 Å². The zero-order valence-electron chi connectivity index (χ0n) is 14.0. The fourth-order valence-electron chi connectivity index (χ4n) is 3.89. The van der Waals surface area contributed by atoms with Crippen molar-refractivity contribution >= 4 is 40.6 Å². The summed E-state index contributed by atoms with van der Waals surface area (Å²) in [4.78, 5) is 27.5. The molecule has 3 nitrogen and oxygen atoms in total. The molecule has 132 valence electrons. The van der Waals surface area contributed by atoms with Crippen molar-refractivity contribution in [1.82, 2.24) is 0 Å². The van der Waals surface area contributed by atoms with Crippen molar-refractivity contribution in [1.29, 1.82) is 0 Å². The van der Waals surface area contributed by atoms with Gasteiger partial charge in [0.05, 0.1) is 10.7 Å². The summed E-state index contributed by atoms with van der Waals surface area (Å²) >= 11 is 12.3. The van der Waals surface area contributed by atoms with Gasteiger partial charge in [0.1, 0.15) is 0 Å². The summed E-state index contributed by atoms with van der Waals surface area (Å²) in [5.41, 5.74) is 3.14. The van der Waals surface area contributed by atoms with Gasteiger partial charge in [-0.3, -0.25) is 14.5 Å². The van der Waals surface area contributed by atoms with E-state index in [9.17, 15) is 9.59 Å². The number of allylic oxidation sites excluding steroid dienone is 2. The van der Waals surface area contributed by atoms with E-state index in [1.165, 1.54) is 0 Å². The summed E-state index contributed by atoms with van der Waals surface area (Å²) in [6.45, 7) is 0. The number of Topliss-reactive ketones (excluding diaryl/α,β-unsaturated/α-hetero) is 1. The quantitative estimate of drug-likeness (QED) is 0.682. The first-order valence-electron chi connectivity index (χ1n) is 8.65. The van der Waals surface area contributed by atoms with E-state index in [1.54, 1.807) is 23.1 Å². The van der Waals surface area contributed by atoms with Gasteiger partial charge in [0, 0.05) is 35.1 Å². The Hall–Kier alpha value is -2.10. The first-order chi connectivity index (χ1) is 12.6. The van der Waals surface area contributed by atoms with E-state index >= 15 is 0 Å². The van der Waals surface area contributed by atoms with Crippen LogP contribution in [0.3, 0.4) is 0 Å². The lowest BCUT2D eigenvalue weighted by molar-refractivity contribution is -0.119. The Balaban J connectivity index is 1.87. The van der Waals surface area contributed by atoms with Gasteiger partial charge in [-0.2, -0.15) is 0 Å². The zero-order chi connectivity index (χ0) is 18.3. The summed E-state index contributed by atoms with van der Waals surface area (Å²) < 4.78 is 0. The number of benzene rings is 2. The highest BCUT2D eigenvalue weighted by Crippen LogP contribution is 2.44. The Morgan fingerprint density at radius 3 is 2.38 bits per heavy atom. The molecule has 1 aliphatic carbocycles. The van der Waals surface area contributed by atoms with Gasteiger partial charge in [0.15, 0.2) is 5.78 Å². The number of anilines is 1. The summed E-state index contributed by atoms with van der Waals surface area (Å²) in [5.74, 6) is -0.136. The minimum Gasteiger partial charge on any atom is -0.294 e. The Labute approximate surface area is 162 Å². The average molecular weight is 386 g/mol. The molecule has 2 aliphatic rings. The fraction of sp³-hybridized carbons (Fsp3) is 0.238. The maximum absolute atomic E-state index is 13.1. The molecule has 1 atom stereocenters. The molecule has 0 saturated heterocycles. The smallest absolute Gasteiger partial charge is 0.232 e. The van der Waals surface area contributed by atoms with Crippen molar-refractivity contribution in [3.05, 3.63) is 75.4 Å². The van der Waals surface area contributed by atoms with E-state index in [1.807, 2.05) is 30.3 Å². The molecule has 0 N–H and O–H groups in total. The Morgan fingerprint density at radius 2 is 1.65 bits per heavy atom. The van der Waals surface area contributed by atoms with Gasteiger partial charge in [0.2, 0.25) is 5.91 Å². The summed E-state index contributed by atoms with van der Waals surface area (Å²) in [5, 5.41) is 1.15. The highest BCUT2D eigenvalue weighted by molar-refractivity contribution is 6.34. The van der Waals surface area contributed by atoms with Crippen LogP contribution in [0.4, 0.5) is 5.69 Å². The molecule has 1 aliphatic heterocycles. The minimum absolute atomic E-state index is 0.0356. The largest absolute Gasteiger partial charge is 0.294 e. The Bertz CT molecular complexity index is 918. The number of amides is 1. The van der Waals surface area contributed by atoms with Gasteiger partial charge in [-0.1, -0.05) is 47.5 Å². The molecule has 0 radical (unpaired) electrons. The molecule has 1 amide bonds. The normalized spacial score (nSPS) is 20.4. The van der Waals surface area contributed by atoms with E-state index < -0.39 is 0 Å². The number of hydrogen-bond acceptors (Lipinski definition) is 2. The van der Waals surface area contributed by atoms with Crippen LogP contribution in [0.2, 0.25) is 10.0 Å². The molecular formula is C21H17Cl2NO2. The average Bonchev–Trinajstić information content (AvgIpc) is 2.63. The fourth-order valence-corrected chi connectivity index (χ4v) is 4.23. The molecule has 0 saturated carbocycles. The van der Waals surface area contributed by atoms with Gasteiger partial charge in [-0.05, 0) is 42.7 Å². The first-order valence-corrected chi connectivity index (χ1v) is 9.41. The zero-order valence-corrected chi connectivity index (χ0v) is 15.6. The Kier molecular flexibility index (Phi) is 4.60. The number of carbonyl (C=O) groups is 2. The van der Waals surface area contributed by atoms with Crippen LogP contribution in [-0.2, 0) is 9.59 Å². The standard InChI is InChI=1S/C21H17Cl2NO2/c22-14-10-8-13(9-11-14)15-12-20(26)24(17-5-2-1-4-16(17)23)18-6-3-7-19(25)21(15)18/h1-2,4-5,8-11,15H,3,6-7,12H2. The van der Waals surface area contributed by atoms with Crippen LogP contribution in [0.1, 0.15) is 37.2 Å². The second-order valence-electron chi connectivity index (χ2n) is 6.63. The van der Waals surface area contributed by atoms with Crippen LogP contribution < -0.4 is 4.90 Å². The van der Waals surface area contributed by atoms with Crippen molar-refractivity contribution in [2.75, 3.05) is 4.90 Å². The molecule has 1 heterocycles. The monoisotopic (exact) mass is 385 g/mol. The van der Waals surface area contributed by atoms with Crippen molar-refractivity contribution in [2.45, 2.75) is 31.6 Å². The lowest BCUT2D eigenvalue weighted by Crippen LogP contribution is -2.40. The third-order valence-corrected chi connectivity index (χ3v) is 5.61. The molecular weight excluding hydrogens is 369 g/mol. The molecule has 2 aromatic carbocycles. The topological polar surface area (TPSA) is 37.4 Å². The molecule has 26 heavy (non-hydrogen) atoms. The lowest BCUT2D eigenvalue weighted by Gasteiger charge is -2.38. The minimum atomic E-state index is -0.221. The van der Waals surface area contributed by atoms with Crippen LogP contribution in [0.5, 0.6) is 0 Å². The maximum Gasteiger partial charge on any atom is 0.232 e. The van der Waals surface area contributed by atoms with Crippen LogP contribution in [-0.4, -0.2) is 11.7 Å². The number of para-hydroxylation sites is 1. The molecule has 0 spiro atoms. The molecule has 0 fully saturated rings. The van der Waals surface area contributed by atoms with E-state index in [-0.39, 0.29) is 24.0 Å². The van der Waals surface area contributed by atoms with Crippen LogP contribution in [0, 0.1) is 0 Å². The molecule has 4 rings (SSSR count). The second kappa shape index (κ2) is 6.90. The Morgan fingerprint density at radius 1 is 0.923 bits per heavy atom. The van der Waals surface area contributed by atoms with Crippen molar-refractivity contribution in [3.63, 3.8) is 0 Å². The van der Waals surface area contributed by atoms with E-state index in [2.05, 4.69) is 0 Å². The van der Waals surface area contributed by atoms with E-state index in [4.69, 9.17) is 23.2 Å².